The molecule has 4 rings (SSSR count). The number of carbonyl (C=O) groups excluding carboxylic acids is 2. The summed E-state index contributed by atoms with van der Waals surface area (Å²) < 4.78 is 5.60. The fourth-order valence-corrected chi connectivity index (χ4v) is 5.27. The molecular weight excluding hydrogens is 396 g/mol. The average molecular weight is 419 g/mol. The van der Waals surface area contributed by atoms with Crippen molar-refractivity contribution in [3.05, 3.63) is 50.9 Å². The summed E-state index contributed by atoms with van der Waals surface area (Å²) in [5.74, 6) is -0.384. The summed E-state index contributed by atoms with van der Waals surface area (Å²) in [6.07, 6.45) is 6.11. The molecule has 28 heavy (non-hydrogen) atoms. The smallest absolute Gasteiger partial charge is 0.256 e. The van der Waals surface area contributed by atoms with E-state index in [1.165, 1.54) is 16.2 Å². The lowest BCUT2D eigenvalue weighted by molar-refractivity contribution is 0.0858. The highest BCUT2D eigenvalue weighted by Gasteiger charge is 2.27. The maximum absolute atomic E-state index is 13.0. The highest BCUT2D eigenvalue weighted by molar-refractivity contribution is 7.17. The van der Waals surface area contributed by atoms with Crippen LogP contribution in [0.1, 0.15) is 56.8 Å². The Labute approximate surface area is 173 Å². The Balaban J connectivity index is 1.56. The van der Waals surface area contributed by atoms with Crippen molar-refractivity contribution in [2.24, 2.45) is 0 Å². The molecule has 0 saturated carbocycles. The number of fused-ring (bicyclic) bond motifs is 1. The molecule has 1 atom stereocenters. The molecule has 0 radical (unpaired) electrons. The molecule has 2 N–H and O–H groups in total. The first kappa shape index (κ1) is 19.4. The minimum absolute atomic E-state index is 0.0860. The van der Waals surface area contributed by atoms with Gasteiger partial charge < -0.3 is 15.4 Å². The van der Waals surface area contributed by atoms with E-state index in [2.05, 4.69) is 10.6 Å². The van der Waals surface area contributed by atoms with Crippen molar-refractivity contribution in [1.82, 2.24) is 5.32 Å². The zero-order valence-electron chi connectivity index (χ0n) is 15.6. The number of anilines is 1. The van der Waals surface area contributed by atoms with E-state index in [0.29, 0.717) is 27.7 Å². The lowest BCUT2D eigenvalue weighted by Crippen LogP contribution is -2.32. The van der Waals surface area contributed by atoms with Crippen LogP contribution < -0.4 is 10.6 Å². The van der Waals surface area contributed by atoms with Gasteiger partial charge in [0.2, 0.25) is 0 Å². The molecule has 1 saturated heterocycles. The van der Waals surface area contributed by atoms with Crippen LogP contribution in [-0.2, 0) is 17.6 Å². The zero-order valence-corrected chi connectivity index (χ0v) is 17.1. The molecule has 0 bridgehead atoms. The molecule has 2 amide bonds. The van der Waals surface area contributed by atoms with Crippen molar-refractivity contribution in [3.8, 4) is 0 Å². The Hall–Kier alpha value is -1.89. The van der Waals surface area contributed by atoms with Gasteiger partial charge in [0, 0.05) is 28.6 Å². The number of amides is 2. The number of carbonyl (C=O) groups is 2. The first-order valence-corrected chi connectivity index (χ1v) is 10.9. The van der Waals surface area contributed by atoms with Crippen LogP contribution in [0, 0.1) is 0 Å². The van der Waals surface area contributed by atoms with Crippen LogP contribution in [0.25, 0.3) is 0 Å². The molecule has 2 aliphatic rings. The van der Waals surface area contributed by atoms with Gasteiger partial charge in [0.25, 0.3) is 11.8 Å². The number of ether oxygens (including phenoxy) is 1. The normalized spacial score (nSPS) is 18.5. The summed E-state index contributed by atoms with van der Waals surface area (Å²) in [6, 6.07) is 6.81. The van der Waals surface area contributed by atoms with E-state index in [1.54, 1.807) is 24.3 Å². The topological polar surface area (TPSA) is 67.4 Å². The van der Waals surface area contributed by atoms with E-state index in [9.17, 15) is 9.59 Å². The number of aryl methyl sites for hydroxylation is 1. The molecule has 5 nitrogen and oxygen atoms in total. The van der Waals surface area contributed by atoms with Gasteiger partial charge in [-0.05, 0) is 62.3 Å². The van der Waals surface area contributed by atoms with Crippen LogP contribution in [0.5, 0.6) is 0 Å². The highest BCUT2D eigenvalue weighted by atomic mass is 35.5. The fraction of sp³-hybridized carbons (Fsp3) is 0.429. The monoisotopic (exact) mass is 418 g/mol. The summed E-state index contributed by atoms with van der Waals surface area (Å²) in [4.78, 5) is 26.9. The molecule has 0 spiro atoms. The second-order valence-electron chi connectivity index (χ2n) is 7.22. The van der Waals surface area contributed by atoms with Crippen LogP contribution in [0.2, 0.25) is 5.02 Å². The number of nitrogens with one attached hydrogen (secondary N) is 2. The van der Waals surface area contributed by atoms with Crippen LogP contribution in [0.15, 0.2) is 24.3 Å². The van der Waals surface area contributed by atoms with Crippen molar-refractivity contribution < 1.29 is 14.3 Å². The van der Waals surface area contributed by atoms with Gasteiger partial charge in [-0.3, -0.25) is 9.59 Å². The van der Waals surface area contributed by atoms with Crippen LogP contribution in [-0.4, -0.2) is 31.1 Å². The van der Waals surface area contributed by atoms with Crippen molar-refractivity contribution in [3.63, 3.8) is 0 Å². The largest absolute Gasteiger partial charge is 0.376 e. The van der Waals surface area contributed by atoms with Gasteiger partial charge in [-0.2, -0.15) is 0 Å². The fourth-order valence-electron chi connectivity index (χ4n) is 3.80. The Kier molecular flexibility index (Phi) is 5.99. The second kappa shape index (κ2) is 8.64. The van der Waals surface area contributed by atoms with E-state index in [-0.39, 0.29) is 17.9 Å². The molecule has 1 aliphatic carbocycles. The maximum atomic E-state index is 13.0. The number of rotatable bonds is 5. The molecule has 2 heterocycles. The van der Waals surface area contributed by atoms with Gasteiger partial charge in [0.05, 0.1) is 11.7 Å². The predicted molar refractivity (Wildman–Crippen MR) is 112 cm³/mol. The Morgan fingerprint density at radius 3 is 2.82 bits per heavy atom. The van der Waals surface area contributed by atoms with Gasteiger partial charge >= 0.3 is 0 Å². The van der Waals surface area contributed by atoms with Gasteiger partial charge in [-0.15, -0.1) is 11.3 Å². The SMILES string of the molecule is O=C(Nc1sc2c(c1C(=O)NC[C@@H]1CCCO1)CCCC2)c1cccc(Cl)c1. The van der Waals surface area contributed by atoms with Crippen molar-refractivity contribution in [1.29, 1.82) is 0 Å². The molecule has 2 aromatic rings. The first-order chi connectivity index (χ1) is 13.6. The number of hydrogen-bond donors (Lipinski definition) is 2. The Bertz CT molecular complexity index is 890. The minimum atomic E-state index is -0.255. The summed E-state index contributed by atoms with van der Waals surface area (Å²) in [7, 11) is 0. The highest BCUT2D eigenvalue weighted by Crippen LogP contribution is 2.38. The summed E-state index contributed by atoms with van der Waals surface area (Å²) in [5.41, 5.74) is 2.18. The number of benzene rings is 1. The van der Waals surface area contributed by atoms with E-state index in [4.69, 9.17) is 16.3 Å². The lowest BCUT2D eigenvalue weighted by Gasteiger charge is -2.15. The third kappa shape index (κ3) is 4.24. The van der Waals surface area contributed by atoms with Crippen molar-refractivity contribution in [2.45, 2.75) is 44.6 Å². The third-order valence-electron chi connectivity index (χ3n) is 5.23. The van der Waals surface area contributed by atoms with E-state index >= 15 is 0 Å². The molecule has 1 aromatic heterocycles. The van der Waals surface area contributed by atoms with Gasteiger partial charge in [-0.25, -0.2) is 0 Å². The molecule has 1 fully saturated rings. The molecule has 0 unspecified atom stereocenters. The maximum Gasteiger partial charge on any atom is 0.256 e. The van der Waals surface area contributed by atoms with Gasteiger partial charge in [-0.1, -0.05) is 17.7 Å². The second-order valence-corrected chi connectivity index (χ2v) is 8.77. The Morgan fingerprint density at radius 1 is 1.18 bits per heavy atom. The molecular formula is C21H23ClN2O3S. The van der Waals surface area contributed by atoms with Crippen molar-refractivity contribution >= 4 is 39.8 Å². The summed E-state index contributed by atoms with van der Waals surface area (Å²) >= 11 is 7.52. The molecule has 1 aromatic carbocycles. The van der Waals surface area contributed by atoms with Gasteiger partial charge in [0.1, 0.15) is 5.00 Å². The minimum Gasteiger partial charge on any atom is -0.376 e. The molecule has 1 aliphatic heterocycles. The standard InChI is InChI=1S/C21H23ClN2O3S/c22-14-6-3-5-13(11-14)19(25)24-21-18(16-8-1-2-9-17(16)28-21)20(26)23-12-15-7-4-10-27-15/h3,5-6,11,15H,1-2,4,7-10,12H2,(H,23,26)(H,24,25)/t15-/m0/s1. The third-order valence-corrected chi connectivity index (χ3v) is 6.67. The number of thiophene rings is 1. The predicted octanol–water partition coefficient (Wildman–Crippen LogP) is 4.44. The lowest BCUT2D eigenvalue weighted by atomic mass is 9.95. The van der Waals surface area contributed by atoms with E-state index < -0.39 is 0 Å². The quantitative estimate of drug-likeness (QED) is 0.754. The Morgan fingerprint density at radius 2 is 2.04 bits per heavy atom. The van der Waals surface area contributed by atoms with Crippen LogP contribution in [0.3, 0.4) is 0 Å². The number of halogens is 1. The zero-order chi connectivity index (χ0) is 19.5. The number of hydrogen-bond acceptors (Lipinski definition) is 4. The van der Waals surface area contributed by atoms with Crippen LogP contribution >= 0.6 is 22.9 Å². The van der Waals surface area contributed by atoms with Crippen LogP contribution in [0.4, 0.5) is 5.00 Å². The first-order valence-electron chi connectivity index (χ1n) is 9.73. The molecule has 7 heteroatoms. The van der Waals surface area contributed by atoms with E-state index in [0.717, 1.165) is 50.7 Å². The van der Waals surface area contributed by atoms with Crippen molar-refractivity contribution in [2.75, 3.05) is 18.5 Å². The summed E-state index contributed by atoms with van der Waals surface area (Å²) in [5, 5.41) is 7.09. The van der Waals surface area contributed by atoms with Gasteiger partial charge in [0.15, 0.2) is 0 Å². The van der Waals surface area contributed by atoms with E-state index in [1.807, 2.05) is 0 Å². The average Bonchev–Trinajstić information content (AvgIpc) is 3.33. The summed E-state index contributed by atoms with van der Waals surface area (Å²) in [6.45, 7) is 1.26. The molecule has 148 valence electrons.